The first kappa shape index (κ1) is 18.6. The van der Waals surface area contributed by atoms with Gasteiger partial charge in [-0.1, -0.05) is 24.3 Å². The molecule has 1 atom stereocenters. The maximum atomic E-state index is 12.6. The molecule has 2 aliphatic rings. The smallest absolute Gasteiger partial charge is 0.237 e. The number of benzene rings is 1. The first-order valence-corrected chi connectivity index (χ1v) is 9.88. The minimum Gasteiger partial charge on any atom is -0.353 e. The highest BCUT2D eigenvalue weighted by molar-refractivity contribution is 5.88. The predicted octanol–water partition coefficient (Wildman–Crippen LogP) is 1.36. The number of nitrogens with one attached hydrogen (secondary N) is 2. The Balaban J connectivity index is 1.40. The molecule has 1 aliphatic heterocycles. The van der Waals surface area contributed by atoms with Crippen LogP contribution in [-0.4, -0.2) is 46.9 Å². The first-order chi connectivity index (χ1) is 13.6. The number of amides is 2. The third-order valence-electron chi connectivity index (χ3n) is 5.86. The van der Waals surface area contributed by atoms with Crippen molar-refractivity contribution in [2.24, 2.45) is 0 Å². The molecule has 0 radical (unpaired) electrons. The zero-order chi connectivity index (χ0) is 19.5. The molecule has 6 nitrogen and oxygen atoms in total. The molecular weight excluding hydrogens is 352 g/mol. The second-order valence-electron chi connectivity index (χ2n) is 7.66. The summed E-state index contributed by atoms with van der Waals surface area (Å²) in [5.41, 5.74) is 4.80. The van der Waals surface area contributed by atoms with Crippen molar-refractivity contribution in [3.8, 4) is 0 Å². The summed E-state index contributed by atoms with van der Waals surface area (Å²) in [4.78, 5) is 31.5. The quantitative estimate of drug-likeness (QED) is 0.824. The third-order valence-corrected chi connectivity index (χ3v) is 5.86. The number of hydrogen-bond donors (Lipinski definition) is 2. The first-order valence-electron chi connectivity index (χ1n) is 9.88. The number of piperazine rings is 1. The van der Waals surface area contributed by atoms with Crippen LogP contribution in [0.2, 0.25) is 0 Å². The molecule has 0 bridgehead atoms. The summed E-state index contributed by atoms with van der Waals surface area (Å²) in [5.74, 6) is -0.142. The van der Waals surface area contributed by atoms with Crippen LogP contribution in [0.5, 0.6) is 0 Å². The number of hydrogen-bond acceptors (Lipinski definition) is 4. The van der Waals surface area contributed by atoms with Gasteiger partial charge in [0.25, 0.3) is 0 Å². The monoisotopic (exact) mass is 378 g/mol. The van der Waals surface area contributed by atoms with Crippen molar-refractivity contribution >= 4 is 11.8 Å². The van der Waals surface area contributed by atoms with E-state index in [0.29, 0.717) is 13.1 Å². The maximum absolute atomic E-state index is 12.6. The van der Waals surface area contributed by atoms with Crippen LogP contribution >= 0.6 is 0 Å². The number of aromatic nitrogens is 1. The summed E-state index contributed by atoms with van der Waals surface area (Å²) in [6.07, 6.45) is 5.58. The van der Waals surface area contributed by atoms with Gasteiger partial charge in [0.15, 0.2) is 0 Å². The fourth-order valence-electron chi connectivity index (χ4n) is 4.29. The molecule has 2 aromatic rings. The van der Waals surface area contributed by atoms with Crippen molar-refractivity contribution in [3.63, 3.8) is 0 Å². The lowest BCUT2D eigenvalue weighted by atomic mass is 10.0. The van der Waals surface area contributed by atoms with Crippen LogP contribution in [0.3, 0.4) is 0 Å². The van der Waals surface area contributed by atoms with E-state index < -0.39 is 6.04 Å². The van der Waals surface area contributed by atoms with E-state index in [0.717, 1.165) is 30.5 Å². The fraction of sp³-hybridized carbons (Fsp3) is 0.409. The molecule has 2 heterocycles. The van der Waals surface area contributed by atoms with Gasteiger partial charge in [0.05, 0.1) is 12.5 Å². The number of aryl methyl sites for hydroxylation is 1. The van der Waals surface area contributed by atoms with Crippen LogP contribution in [0.4, 0.5) is 0 Å². The van der Waals surface area contributed by atoms with Gasteiger partial charge in [0.1, 0.15) is 0 Å². The molecule has 1 aliphatic carbocycles. The fourth-order valence-corrected chi connectivity index (χ4v) is 4.29. The minimum atomic E-state index is -0.411. The molecule has 1 unspecified atom stereocenters. The molecule has 1 aromatic carbocycles. The average Bonchev–Trinajstić information content (AvgIpc) is 3.13. The van der Waals surface area contributed by atoms with Gasteiger partial charge in [-0.2, -0.15) is 0 Å². The number of carbonyl (C=O) groups excluding carboxylic acids is 2. The van der Waals surface area contributed by atoms with Crippen LogP contribution in [0.15, 0.2) is 42.7 Å². The summed E-state index contributed by atoms with van der Waals surface area (Å²) in [7, 11) is 0. The normalized spacial score (nSPS) is 19.9. The van der Waals surface area contributed by atoms with Crippen LogP contribution in [0.1, 0.15) is 28.7 Å². The summed E-state index contributed by atoms with van der Waals surface area (Å²) in [6.45, 7) is 3.85. The Hall–Kier alpha value is -2.73. The molecule has 0 saturated carbocycles. The van der Waals surface area contributed by atoms with Crippen LogP contribution in [0.25, 0.3) is 0 Å². The molecule has 0 spiro atoms. The van der Waals surface area contributed by atoms with E-state index in [1.54, 1.807) is 12.4 Å². The SMILES string of the molecule is Cc1cnccc1CNC(=O)CC1C(=O)NCCN1C1Cc2ccccc2C1. The third kappa shape index (κ3) is 3.92. The van der Waals surface area contributed by atoms with Crippen molar-refractivity contribution in [2.75, 3.05) is 13.1 Å². The van der Waals surface area contributed by atoms with Crippen molar-refractivity contribution in [2.45, 2.75) is 44.8 Å². The van der Waals surface area contributed by atoms with Crippen molar-refractivity contribution < 1.29 is 9.59 Å². The molecule has 28 heavy (non-hydrogen) atoms. The lowest BCUT2D eigenvalue weighted by Gasteiger charge is -2.38. The van der Waals surface area contributed by atoms with Crippen molar-refractivity contribution in [3.05, 3.63) is 65.0 Å². The molecule has 1 saturated heterocycles. The van der Waals surface area contributed by atoms with Gasteiger partial charge in [0, 0.05) is 38.1 Å². The van der Waals surface area contributed by atoms with E-state index >= 15 is 0 Å². The Kier molecular flexibility index (Phi) is 5.39. The van der Waals surface area contributed by atoms with Crippen molar-refractivity contribution in [1.82, 2.24) is 20.5 Å². The number of pyridine rings is 1. The van der Waals surface area contributed by atoms with Crippen LogP contribution in [0, 0.1) is 6.92 Å². The molecule has 4 rings (SSSR count). The standard InChI is InChI=1S/C22H26N4O2/c1-15-13-23-7-6-18(15)14-25-21(27)12-20-22(28)24-8-9-26(20)19-10-16-4-2-3-5-17(16)11-19/h2-7,13,19-20H,8-12,14H2,1H3,(H,24,28)(H,25,27). The van der Waals surface area contributed by atoms with Gasteiger partial charge >= 0.3 is 0 Å². The van der Waals surface area contributed by atoms with Crippen molar-refractivity contribution in [1.29, 1.82) is 0 Å². The zero-order valence-electron chi connectivity index (χ0n) is 16.1. The van der Waals surface area contributed by atoms with Gasteiger partial charge in [-0.05, 0) is 48.1 Å². The van der Waals surface area contributed by atoms with Crippen LogP contribution < -0.4 is 10.6 Å². The molecule has 1 aromatic heterocycles. The van der Waals surface area contributed by atoms with Crippen LogP contribution in [-0.2, 0) is 29.0 Å². The van der Waals surface area contributed by atoms with Gasteiger partial charge in [0.2, 0.25) is 11.8 Å². The van der Waals surface area contributed by atoms with E-state index in [4.69, 9.17) is 0 Å². The predicted molar refractivity (Wildman–Crippen MR) is 107 cm³/mol. The highest BCUT2D eigenvalue weighted by atomic mass is 16.2. The molecule has 146 valence electrons. The van der Waals surface area contributed by atoms with Gasteiger partial charge in [-0.3, -0.25) is 19.5 Å². The second kappa shape index (κ2) is 8.10. The molecular formula is C22H26N4O2. The maximum Gasteiger partial charge on any atom is 0.237 e. The highest BCUT2D eigenvalue weighted by Crippen LogP contribution is 2.28. The zero-order valence-corrected chi connectivity index (χ0v) is 16.1. The summed E-state index contributed by atoms with van der Waals surface area (Å²) >= 11 is 0. The Labute approximate surface area is 165 Å². The molecule has 2 amide bonds. The van der Waals surface area contributed by atoms with E-state index in [2.05, 4.69) is 44.8 Å². The Morgan fingerprint density at radius 1 is 1.25 bits per heavy atom. The Morgan fingerprint density at radius 3 is 2.71 bits per heavy atom. The van der Waals surface area contributed by atoms with Gasteiger partial charge in [-0.25, -0.2) is 0 Å². The van der Waals surface area contributed by atoms with E-state index in [9.17, 15) is 9.59 Å². The topological polar surface area (TPSA) is 74.3 Å². The average molecular weight is 378 g/mol. The van der Waals surface area contributed by atoms with E-state index in [1.165, 1.54) is 11.1 Å². The second-order valence-corrected chi connectivity index (χ2v) is 7.66. The summed E-state index contributed by atoms with van der Waals surface area (Å²) in [6, 6.07) is 10.2. The lowest BCUT2D eigenvalue weighted by molar-refractivity contribution is -0.135. The van der Waals surface area contributed by atoms with Gasteiger partial charge in [-0.15, -0.1) is 0 Å². The summed E-state index contributed by atoms with van der Waals surface area (Å²) in [5, 5.41) is 5.89. The number of rotatable bonds is 5. The highest BCUT2D eigenvalue weighted by Gasteiger charge is 2.38. The Morgan fingerprint density at radius 2 is 2.00 bits per heavy atom. The molecule has 1 fully saturated rings. The van der Waals surface area contributed by atoms with Gasteiger partial charge < -0.3 is 10.6 Å². The number of nitrogens with zero attached hydrogens (tertiary/aromatic N) is 2. The molecule has 6 heteroatoms. The number of fused-ring (bicyclic) bond motifs is 1. The number of carbonyl (C=O) groups is 2. The Bertz CT molecular complexity index is 857. The largest absolute Gasteiger partial charge is 0.353 e. The minimum absolute atomic E-state index is 0.0440. The summed E-state index contributed by atoms with van der Waals surface area (Å²) < 4.78 is 0. The molecule has 2 N–H and O–H groups in total. The lowest BCUT2D eigenvalue weighted by Crippen LogP contribution is -2.59. The van der Waals surface area contributed by atoms with E-state index in [1.807, 2.05) is 13.0 Å². The van der Waals surface area contributed by atoms with E-state index in [-0.39, 0.29) is 24.3 Å².